The van der Waals surface area contributed by atoms with Gasteiger partial charge in [0.15, 0.2) is 5.82 Å². The Labute approximate surface area is 310 Å². The van der Waals surface area contributed by atoms with Gasteiger partial charge >= 0.3 is 0 Å². The first-order valence-corrected chi connectivity index (χ1v) is 18.9. The van der Waals surface area contributed by atoms with Crippen molar-refractivity contribution >= 4 is 11.6 Å². The van der Waals surface area contributed by atoms with Crippen molar-refractivity contribution in [2.75, 3.05) is 0 Å². The number of nitrogens with zero attached hydrogens (tertiary/aromatic N) is 2. The van der Waals surface area contributed by atoms with Crippen molar-refractivity contribution in [3.63, 3.8) is 0 Å². The molecule has 0 fully saturated rings. The highest BCUT2D eigenvalue weighted by Gasteiger charge is 2.52. The highest BCUT2D eigenvalue weighted by atomic mass is 14.9. The molecule has 1 aromatic heterocycles. The molecule has 0 N–H and O–H groups in total. The molecule has 2 nitrogen and oxygen atoms in total. The van der Waals surface area contributed by atoms with Crippen molar-refractivity contribution in [1.82, 2.24) is 9.97 Å². The van der Waals surface area contributed by atoms with E-state index in [1.165, 1.54) is 66.8 Å². The maximum absolute atomic E-state index is 5.37. The molecule has 11 rings (SSSR count). The van der Waals surface area contributed by atoms with Gasteiger partial charge in [0, 0.05) is 16.7 Å². The van der Waals surface area contributed by atoms with Crippen LogP contribution in [0.5, 0.6) is 0 Å². The number of allylic oxidation sites excluding steroid dienone is 5. The fourth-order valence-electron chi connectivity index (χ4n) is 9.43. The third-order valence-corrected chi connectivity index (χ3v) is 11.9. The van der Waals surface area contributed by atoms with E-state index < -0.39 is 0 Å². The van der Waals surface area contributed by atoms with Crippen LogP contribution in [0.3, 0.4) is 0 Å². The molecule has 1 heterocycles. The van der Waals surface area contributed by atoms with E-state index in [2.05, 4.69) is 170 Å². The standard InChI is InChI=1S/C51H36N2/c1-2-12-33(13-3-1)35-22-25-36(26-23-35)48-32-49(53-50(52-48)39-27-24-34-14-4-5-15-37(34)30-39)38-28-29-43-42-18-8-11-21-46(42)51(47(43)31-38)44-19-9-6-16-40(44)41-17-7-10-20-45(41)51/h1-3,5-6,8-13,15-16,18-32H,4,7,14,17H2. The number of fused-ring (bicyclic) bond motifs is 10. The molecule has 1 spiro atoms. The molecule has 0 radical (unpaired) electrons. The van der Waals surface area contributed by atoms with Crippen LogP contribution in [0.2, 0.25) is 0 Å². The summed E-state index contributed by atoms with van der Waals surface area (Å²) in [5.41, 5.74) is 20.8. The zero-order valence-electron chi connectivity index (χ0n) is 29.4. The van der Waals surface area contributed by atoms with Gasteiger partial charge in [-0.2, -0.15) is 0 Å². The van der Waals surface area contributed by atoms with Gasteiger partial charge in [0.05, 0.1) is 16.8 Å². The first-order valence-electron chi connectivity index (χ1n) is 18.9. The van der Waals surface area contributed by atoms with Crippen molar-refractivity contribution in [3.8, 4) is 56.2 Å². The average molecular weight is 677 g/mol. The molecule has 1 unspecified atom stereocenters. The largest absolute Gasteiger partial charge is 0.228 e. The number of hydrogen-bond acceptors (Lipinski definition) is 2. The number of hydrogen-bond donors (Lipinski definition) is 0. The molecule has 0 bridgehead atoms. The van der Waals surface area contributed by atoms with Gasteiger partial charge in [-0.1, -0.05) is 152 Å². The van der Waals surface area contributed by atoms with Gasteiger partial charge in [-0.05, 0) is 111 Å². The molecule has 53 heavy (non-hydrogen) atoms. The van der Waals surface area contributed by atoms with Gasteiger partial charge in [0.1, 0.15) is 0 Å². The van der Waals surface area contributed by atoms with Crippen LogP contribution in [-0.2, 0) is 11.8 Å². The lowest BCUT2D eigenvalue weighted by Crippen LogP contribution is -2.27. The van der Waals surface area contributed by atoms with Crippen molar-refractivity contribution in [3.05, 3.63) is 203 Å². The van der Waals surface area contributed by atoms with Crippen LogP contribution < -0.4 is 0 Å². The lowest BCUT2D eigenvalue weighted by molar-refractivity contribution is 0.780. The second-order valence-corrected chi connectivity index (χ2v) is 14.7. The monoisotopic (exact) mass is 676 g/mol. The number of rotatable bonds is 4. The molecule has 6 aromatic carbocycles. The first-order chi connectivity index (χ1) is 26.3. The molecule has 0 saturated heterocycles. The Bertz CT molecular complexity index is 2710. The van der Waals surface area contributed by atoms with E-state index in [9.17, 15) is 0 Å². The van der Waals surface area contributed by atoms with Crippen molar-refractivity contribution in [1.29, 1.82) is 0 Å². The van der Waals surface area contributed by atoms with E-state index in [1.807, 2.05) is 0 Å². The summed E-state index contributed by atoms with van der Waals surface area (Å²) in [6, 6.07) is 53.5. The summed E-state index contributed by atoms with van der Waals surface area (Å²) in [5.74, 6) is 0.747. The molecule has 0 saturated carbocycles. The summed E-state index contributed by atoms with van der Waals surface area (Å²) in [4.78, 5) is 10.6. The van der Waals surface area contributed by atoms with Gasteiger partial charge in [0.25, 0.3) is 0 Å². The first kappa shape index (κ1) is 30.3. The van der Waals surface area contributed by atoms with E-state index in [-0.39, 0.29) is 5.41 Å². The van der Waals surface area contributed by atoms with E-state index >= 15 is 0 Å². The van der Waals surface area contributed by atoms with Crippen molar-refractivity contribution < 1.29 is 0 Å². The second kappa shape index (κ2) is 11.8. The molecular weight excluding hydrogens is 641 g/mol. The Balaban J connectivity index is 1.11. The smallest absolute Gasteiger partial charge is 0.160 e. The Morgan fingerprint density at radius 3 is 1.91 bits per heavy atom. The summed E-state index contributed by atoms with van der Waals surface area (Å²) in [6.45, 7) is 0. The third kappa shape index (κ3) is 4.58. The quantitative estimate of drug-likeness (QED) is 0.185. The summed E-state index contributed by atoms with van der Waals surface area (Å²) in [7, 11) is 0. The zero-order valence-corrected chi connectivity index (χ0v) is 29.4. The molecule has 2 heteroatoms. The molecule has 4 aliphatic carbocycles. The van der Waals surface area contributed by atoms with Gasteiger partial charge in [-0.15, -0.1) is 0 Å². The third-order valence-electron chi connectivity index (χ3n) is 11.9. The van der Waals surface area contributed by atoms with E-state index in [0.29, 0.717) is 0 Å². The van der Waals surface area contributed by atoms with Gasteiger partial charge in [-0.25, -0.2) is 9.97 Å². The van der Waals surface area contributed by atoms with Crippen LogP contribution in [-0.4, -0.2) is 9.97 Å². The SMILES string of the molecule is C1=CC2=C(CC1)c1ccccc1C21c2ccccc2-c2ccc(-c3cc(-c4ccc(-c5ccccc5)cc4)nc(-c4ccc5c(c4)C=CCC5)n3)cc21. The van der Waals surface area contributed by atoms with Gasteiger partial charge < -0.3 is 0 Å². The summed E-state index contributed by atoms with van der Waals surface area (Å²) in [5, 5.41) is 0. The molecular formula is C51H36N2. The van der Waals surface area contributed by atoms with Gasteiger partial charge in [0.2, 0.25) is 0 Å². The average Bonchev–Trinajstić information content (AvgIpc) is 3.71. The maximum atomic E-state index is 5.37. The van der Waals surface area contributed by atoms with Crippen LogP contribution in [0.1, 0.15) is 52.6 Å². The molecule has 4 aliphatic rings. The minimum absolute atomic E-state index is 0.360. The van der Waals surface area contributed by atoms with Crippen LogP contribution in [0.25, 0.3) is 67.8 Å². The lowest BCUT2D eigenvalue weighted by Gasteiger charge is -2.32. The second-order valence-electron chi connectivity index (χ2n) is 14.7. The summed E-state index contributed by atoms with van der Waals surface area (Å²) >= 11 is 0. The summed E-state index contributed by atoms with van der Waals surface area (Å²) < 4.78 is 0. The van der Waals surface area contributed by atoms with Crippen molar-refractivity contribution in [2.24, 2.45) is 0 Å². The molecule has 1 atom stereocenters. The van der Waals surface area contributed by atoms with Crippen LogP contribution in [0.15, 0.2) is 169 Å². The highest BCUT2D eigenvalue weighted by Crippen LogP contribution is 2.63. The predicted octanol–water partition coefficient (Wildman–Crippen LogP) is 12.5. The zero-order chi connectivity index (χ0) is 34.9. The Morgan fingerprint density at radius 2 is 1.06 bits per heavy atom. The lowest BCUT2D eigenvalue weighted by atomic mass is 9.69. The number of aryl methyl sites for hydroxylation is 1. The fourth-order valence-corrected chi connectivity index (χ4v) is 9.43. The predicted molar refractivity (Wildman–Crippen MR) is 218 cm³/mol. The number of aromatic nitrogens is 2. The molecule has 0 aliphatic heterocycles. The number of benzene rings is 6. The topological polar surface area (TPSA) is 25.8 Å². The Kier molecular flexibility index (Phi) is 6.76. The van der Waals surface area contributed by atoms with E-state index in [1.54, 1.807) is 0 Å². The highest BCUT2D eigenvalue weighted by molar-refractivity contribution is 5.97. The maximum Gasteiger partial charge on any atom is 0.160 e. The normalized spacial score (nSPS) is 17.4. The minimum atomic E-state index is -0.360. The van der Waals surface area contributed by atoms with Crippen LogP contribution in [0.4, 0.5) is 0 Å². The molecule has 0 amide bonds. The Morgan fingerprint density at radius 1 is 0.434 bits per heavy atom. The molecule has 7 aromatic rings. The Hall–Kier alpha value is -6.38. The van der Waals surface area contributed by atoms with Gasteiger partial charge in [-0.3, -0.25) is 0 Å². The van der Waals surface area contributed by atoms with Crippen LogP contribution in [0, 0.1) is 0 Å². The van der Waals surface area contributed by atoms with E-state index in [4.69, 9.17) is 9.97 Å². The van der Waals surface area contributed by atoms with Crippen molar-refractivity contribution in [2.45, 2.75) is 31.1 Å². The summed E-state index contributed by atoms with van der Waals surface area (Å²) in [6.07, 6.45) is 13.6. The fraction of sp³-hybridized carbons (Fsp3) is 0.0980. The minimum Gasteiger partial charge on any atom is -0.228 e. The van der Waals surface area contributed by atoms with Crippen LogP contribution >= 0.6 is 0 Å². The van der Waals surface area contributed by atoms with E-state index in [0.717, 1.165) is 59.6 Å². The molecule has 250 valence electrons.